The summed E-state index contributed by atoms with van der Waals surface area (Å²) >= 11 is 5.01. The molecule has 1 N–H and O–H groups in total. The molecule has 0 amide bonds. The minimum absolute atomic E-state index is 0.307. The van der Waals surface area contributed by atoms with Crippen molar-refractivity contribution in [3.63, 3.8) is 0 Å². The van der Waals surface area contributed by atoms with Gasteiger partial charge in [0.1, 0.15) is 5.75 Å². The van der Waals surface area contributed by atoms with Gasteiger partial charge in [-0.3, -0.25) is 0 Å². The molecule has 1 aliphatic rings. The van der Waals surface area contributed by atoms with Crippen molar-refractivity contribution < 1.29 is 14.2 Å². The summed E-state index contributed by atoms with van der Waals surface area (Å²) in [6, 6.07) is 5.61. The van der Waals surface area contributed by atoms with Crippen LogP contribution in [0.15, 0.2) is 18.2 Å². The largest absolute Gasteiger partial charge is 0.497 e. The molecule has 2 rings (SSSR count). The van der Waals surface area contributed by atoms with E-state index in [2.05, 4.69) is 5.32 Å². The Morgan fingerprint density at radius 3 is 2.75 bits per heavy atom. The van der Waals surface area contributed by atoms with Crippen LogP contribution in [0.3, 0.4) is 0 Å². The van der Waals surface area contributed by atoms with Gasteiger partial charge < -0.3 is 19.5 Å². The Morgan fingerprint density at radius 1 is 1.38 bits per heavy atom. The zero-order chi connectivity index (χ0) is 11.8. The zero-order valence-electron chi connectivity index (χ0n) is 9.37. The summed E-state index contributed by atoms with van der Waals surface area (Å²) in [6.45, 7) is 1.82. The molecule has 16 heavy (non-hydrogen) atoms. The van der Waals surface area contributed by atoms with E-state index in [1.54, 1.807) is 14.2 Å². The number of benzene rings is 1. The van der Waals surface area contributed by atoms with Crippen LogP contribution >= 0.6 is 12.2 Å². The molecule has 1 aliphatic heterocycles. The maximum absolute atomic E-state index is 5.49. The van der Waals surface area contributed by atoms with E-state index in [-0.39, 0.29) is 0 Å². The fraction of sp³-hybridized carbons (Fsp3) is 0.364. The summed E-state index contributed by atoms with van der Waals surface area (Å²) in [7, 11) is 3.20. The summed E-state index contributed by atoms with van der Waals surface area (Å²) in [5.41, 5.74) is 1.74. The van der Waals surface area contributed by atoms with Crippen molar-refractivity contribution in [3.05, 3.63) is 23.8 Å². The van der Waals surface area contributed by atoms with Gasteiger partial charge in [-0.25, -0.2) is 0 Å². The zero-order valence-corrected chi connectivity index (χ0v) is 10.2. The lowest BCUT2D eigenvalue weighted by Crippen LogP contribution is -2.38. The molecule has 1 aromatic carbocycles. The predicted octanol–water partition coefficient (Wildman–Crippen LogP) is 2.24. The first-order chi connectivity index (χ1) is 7.59. The van der Waals surface area contributed by atoms with Crippen molar-refractivity contribution in [1.29, 1.82) is 0 Å². The standard InChI is InChI=1S/C11H13NO3S/c1-11(14-3)8-6-7(13-2)4-5-9(8)12-10(16)15-11/h4-6H,1-3H3,(H,12,16). The average Bonchev–Trinajstić information content (AvgIpc) is 2.28. The van der Waals surface area contributed by atoms with Gasteiger partial charge in [0.25, 0.3) is 5.17 Å². The van der Waals surface area contributed by atoms with Gasteiger partial charge in [-0.1, -0.05) is 0 Å². The van der Waals surface area contributed by atoms with E-state index in [1.165, 1.54) is 0 Å². The van der Waals surface area contributed by atoms with E-state index in [0.29, 0.717) is 5.17 Å². The lowest BCUT2D eigenvalue weighted by atomic mass is 10.0. The Bertz CT molecular complexity index is 435. The van der Waals surface area contributed by atoms with Gasteiger partial charge in [0, 0.05) is 14.0 Å². The fourth-order valence-electron chi connectivity index (χ4n) is 1.65. The van der Waals surface area contributed by atoms with Gasteiger partial charge >= 0.3 is 0 Å². The molecule has 0 aliphatic carbocycles. The normalized spacial score (nSPS) is 23.1. The highest BCUT2D eigenvalue weighted by atomic mass is 32.1. The molecular weight excluding hydrogens is 226 g/mol. The van der Waals surface area contributed by atoms with Crippen molar-refractivity contribution >= 4 is 23.1 Å². The molecule has 1 heterocycles. The van der Waals surface area contributed by atoms with Crippen molar-refractivity contribution in [3.8, 4) is 5.75 Å². The van der Waals surface area contributed by atoms with Crippen molar-refractivity contribution in [2.24, 2.45) is 0 Å². The number of methoxy groups -OCH3 is 2. The SMILES string of the molecule is COc1ccc2c(c1)C(C)(OC)OC(=S)N2. The van der Waals surface area contributed by atoms with Crippen LogP contribution in [-0.2, 0) is 15.3 Å². The monoisotopic (exact) mass is 239 g/mol. The van der Waals surface area contributed by atoms with E-state index in [9.17, 15) is 0 Å². The molecule has 1 unspecified atom stereocenters. The third kappa shape index (κ3) is 1.72. The molecular formula is C11H13NO3S. The molecule has 0 radical (unpaired) electrons. The first-order valence-corrected chi connectivity index (χ1v) is 5.23. The maximum atomic E-state index is 5.49. The molecule has 0 saturated carbocycles. The number of ether oxygens (including phenoxy) is 3. The van der Waals surface area contributed by atoms with Gasteiger partial charge in [-0.05, 0) is 30.4 Å². The number of fused-ring (bicyclic) bond motifs is 1. The van der Waals surface area contributed by atoms with Crippen LogP contribution in [0.1, 0.15) is 12.5 Å². The quantitative estimate of drug-likeness (QED) is 0.801. The van der Waals surface area contributed by atoms with E-state index in [4.69, 9.17) is 26.4 Å². The topological polar surface area (TPSA) is 39.7 Å². The van der Waals surface area contributed by atoms with Crippen molar-refractivity contribution in [1.82, 2.24) is 0 Å². The van der Waals surface area contributed by atoms with Crippen LogP contribution in [0.5, 0.6) is 5.75 Å². The number of nitrogens with one attached hydrogen (secondary N) is 1. The Morgan fingerprint density at radius 2 is 2.12 bits per heavy atom. The lowest BCUT2D eigenvalue weighted by molar-refractivity contribution is -0.167. The molecule has 0 spiro atoms. The van der Waals surface area contributed by atoms with E-state index < -0.39 is 5.79 Å². The molecule has 1 aromatic rings. The molecule has 0 fully saturated rings. The molecule has 0 bridgehead atoms. The Kier molecular flexibility index (Phi) is 2.73. The third-order valence-electron chi connectivity index (χ3n) is 2.63. The van der Waals surface area contributed by atoms with Crippen LogP contribution in [0.4, 0.5) is 5.69 Å². The third-order valence-corrected chi connectivity index (χ3v) is 2.82. The van der Waals surface area contributed by atoms with Crippen LogP contribution in [0.2, 0.25) is 0 Å². The smallest absolute Gasteiger partial charge is 0.263 e. The van der Waals surface area contributed by atoms with E-state index in [0.717, 1.165) is 17.0 Å². The Labute approximate surface area is 99.5 Å². The van der Waals surface area contributed by atoms with E-state index in [1.807, 2.05) is 25.1 Å². The van der Waals surface area contributed by atoms with Crippen LogP contribution in [-0.4, -0.2) is 19.4 Å². The molecule has 0 saturated heterocycles. The van der Waals surface area contributed by atoms with E-state index >= 15 is 0 Å². The van der Waals surface area contributed by atoms with Crippen LogP contribution < -0.4 is 10.1 Å². The second-order valence-corrected chi connectivity index (χ2v) is 3.95. The second-order valence-electron chi connectivity index (χ2n) is 3.58. The first-order valence-electron chi connectivity index (χ1n) is 4.83. The minimum atomic E-state index is -0.869. The predicted molar refractivity (Wildman–Crippen MR) is 64.7 cm³/mol. The molecule has 0 aromatic heterocycles. The molecule has 1 atom stereocenters. The number of rotatable bonds is 2. The summed E-state index contributed by atoms with van der Waals surface area (Å²) < 4.78 is 16.0. The van der Waals surface area contributed by atoms with Gasteiger partial charge in [0.2, 0.25) is 5.79 Å². The fourth-order valence-corrected chi connectivity index (χ4v) is 1.92. The van der Waals surface area contributed by atoms with Gasteiger partial charge in [-0.2, -0.15) is 0 Å². The number of hydrogen-bond acceptors (Lipinski definition) is 4. The first kappa shape index (κ1) is 11.2. The Balaban J connectivity index is 2.54. The number of anilines is 1. The molecule has 4 nitrogen and oxygen atoms in total. The highest BCUT2D eigenvalue weighted by Gasteiger charge is 2.36. The van der Waals surface area contributed by atoms with Crippen molar-refractivity contribution in [2.45, 2.75) is 12.7 Å². The molecule has 5 heteroatoms. The maximum Gasteiger partial charge on any atom is 0.263 e. The Hall–Kier alpha value is -1.33. The minimum Gasteiger partial charge on any atom is -0.497 e. The van der Waals surface area contributed by atoms with Crippen LogP contribution in [0, 0.1) is 0 Å². The summed E-state index contributed by atoms with van der Waals surface area (Å²) in [5, 5.41) is 3.28. The van der Waals surface area contributed by atoms with Gasteiger partial charge in [-0.15, -0.1) is 0 Å². The lowest BCUT2D eigenvalue weighted by Gasteiger charge is -2.35. The summed E-state index contributed by atoms with van der Waals surface area (Å²) in [5.74, 6) is -0.119. The number of thiocarbonyl (C=S) groups is 1. The second kappa shape index (κ2) is 3.92. The summed E-state index contributed by atoms with van der Waals surface area (Å²) in [4.78, 5) is 0. The highest BCUT2D eigenvalue weighted by molar-refractivity contribution is 7.80. The van der Waals surface area contributed by atoms with Crippen LogP contribution in [0.25, 0.3) is 0 Å². The summed E-state index contributed by atoms with van der Waals surface area (Å²) in [6.07, 6.45) is 0. The molecule has 86 valence electrons. The average molecular weight is 239 g/mol. The van der Waals surface area contributed by atoms with Crippen molar-refractivity contribution in [2.75, 3.05) is 19.5 Å². The van der Waals surface area contributed by atoms with Gasteiger partial charge in [0.05, 0.1) is 18.4 Å². The highest BCUT2D eigenvalue weighted by Crippen LogP contribution is 2.38. The van der Waals surface area contributed by atoms with Gasteiger partial charge in [0.15, 0.2) is 0 Å². The number of hydrogen-bond donors (Lipinski definition) is 1.